The van der Waals surface area contributed by atoms with Crippen molar-refractivity contribution in [3.63, 3.8) is 0 Å². The first-order chi connectivity index (χ1) is 15.6. The highest BCUT2D eigenvalue weighted by Gasteiger charge is 2.26. The molecule has 1 aliphatic heterocycles. The number of carbonyl (C=O) groups excluding carboxylic acids is 2. The van der Waals surface area contributed by atoms with E-state index in [-0.39, 0.29) is 17.5 Å². The van der Waals surface area contributed by atoms with Gasteiger partial charge >= 0.3 is 0 Å². The van der Waals surface area contributed by atoms with Gasteiger partial charge in [0.15, 0.2) is 17.2 Å². The van der Waals surface area contributed by atoms with Gasteiger partial charge in [0.2, 0.25) is 0 Å². The fourth-order valence-corrected chi connectivity index (χ4v) is 3.76. The van der Waals surface area contributed by atoms with E-state index in [4.69, 9.17) is 9.47 Å². The van der Waals surface area contributed by atoms with Crippen LogP contribution in [0.2, 0.25) is 0 Å². The van der Waals surface area contributed by atoms with Gasteiger partial charge in [-0.25, -0.2) is 0 Å². The normalized spacial score (nSPS) is 13.3. The molecule has 0 radical (unpaired) electrons. The van der Waals surface area contributed by atoms with Crippen molar-refractivity contribution in [1.82, 2.24) is 20.0 Å². The third-order valence-corrected chi connectivity index (χ3v) is 5.43. The monoisotopic (exact) mass is 434 g/mol. The van der Waals surface area contributed by atoms with E-state index in [0.29, 0.717) is 43.4 Å². The quantitative estimate of drug-likeness (QED) is 0.618. The van der Waals surface area contributed by atoms with E-state index in [0.717, 1.165) is 17.5 Å². The van der Waals surface area contributed by atoms with E-state index in [1.807, 2.05) is 42.5 Å². The van der Waals surface area contributed by atoms with Crippen molar-refractivity contribution < 1.29 is 19.1 Å². The van der Waals surface area contributed by atoms with Gasteiger partial charge in [-0.1, -0.05) is 36.4 Å². The van der Waals surface area contributed by atoms with Crippen molar-refractivity contribution in [2.75, 3.05) is 20.8 Å². The molecular formula is C24H26N4O4. The lowest BCUT2D eigenvalue weighted by atomic mass is 10.2. The number of ether oxygens (including phenoxy) is 2. The summed E-state index contributed by atoms with van der Waals surface area (Å²) in [4.78, 5) is 27.6. The molecule has 4 rings (SSSR count). The van der Waals surface area contributed by atoms with Gasteiger partial charge in [0.25, 0.3) is 11.8 Å². The lowest BCUT2D eigenvalue weighted by Gasteiger charge is -2.20. The number of nitrogens with one attached hydrogen (secondary N) is 1. The standard InChI is InChI=1S/C24H26N4O4/c1-31-21-10-9-18(13-22(21)32-2)15-25-23(29)19-14-20-24(30)27(11-6-12-28(20)26-19)16-17-7-4-3-5-8-17/h3-5,7-10,13-14H,6,11-12,15-16H2,1-2H3,(H,25,29). The molecule has 32 heavy (non-hydrogen) atoms. The minimum atomic E-state index is -0.331. The molecule has 0 fully saturated rings. The summed E-state index contributed by atoms with van der Waals surface area (Å²) < 4.78 is 12.2. The SMILES string of the molecule is COc1ccc(CNC(=O)c2cc3n(n2)CCCN(Cc2ccccc2)C3=O)cc1OC. The summed E-state index contributed by atoms with van der Waals surface area (Å²) in [7, 11) is 3.14. The minimum absolute atomic E-state index is 0.113. The first kappa shape index (κ1) is 21.4. The molecule has 1 aromatic heterocycles. The van der Waals surface area contributed by atoms with Crippen LogP contribution in [-0.4, -0.2) is 47.3 Å². The van der Waals surface area contributed by atoms with Crippen molar-refractivity contribution in [3.8, 4) is 11.5 Å². The number of aryl methyl sites for hydroxylation is 1. The molecule has 0 aliphatic carbocycles. The molecule has 0 saturated heterocycles. The van der Waals surface area contributed by atoms with Crippen LogP contribution >= 0.6 is 0 Å². The second-order valence-electron chi connectivity index (χ2n) is 7.58. The Kier molecular flexibility index (Phi) is 6.39. The predicted molar refractivity (Wildman–Crippen MR) is 119 cm³/mol. The second-order valence-corrected chi connectivity index (χ2v) is 7.58. The highest BCUT2D eigenvalue weighted by Crippen LogP contribution is 2.27. The number of hydrogen-bond acceptors (Lipinski definition) is 5. The highest BCUT2D eigenvalue weighted by atomic mass is 16.5. The maximum absolute atomic E-state index is 13.1. The van der Waals surface area contributed by atoms with Gasteiger partial charge < -0.3 is 19.7 Å². The smallest absolute Gasteiger partial charge is 0.272 e. The Morgan fingerprint density at radius 3 is 2.53 bits per heavy atom. The zero-order chi connectivity index (χ0) is 22.5. The number of amides is 2. The number of methoxy groups -OCH3 is 2. The number of carbonyl (C=O) groups is 2. The summed E-state index contributed by atoms with van der Waals surface area (Å²) in [6.07, 6.45) is 0.778. The molecule has 0 spiro atoms. The molecule has 2 amide bonds. The average molecular weight is 434 g/mol. The molecule has 2 heterocycles. The van der Waals surface area contributed by atoms with Crippen LogP contribution in [0.15, 0.2) is 54.6 Å². The van der Waals surface area contributed by atoms with Crippen molar-refractivity contribution in [1.29, 1.82) is 0 Å². The van der Waals surface area contributed by atoms with Gasteiger partial charge in [-0.3, -0.25) is 14.3 Å². The van der Waals surface area contributed by atoms with Gasteiger partial charge in [0.1, 0.15) is 5.69 Å². The minimum Gasteiger partial charge on any atom is -0.493 e. The summed E-state index contributed by atoms with van der Waals surface area (Å²) in [6, 6.07) is 16.9. The number of aromatic nitrogens is 2. The van der Waals surface area contributed by atoms with Gasteiger partial charge in [0.05, 0.1) is 14.2 Å². The summed E-state index contributed by atoms with van der Waals surface area (Å²) in [5, 5.41) is 7.25. The molecule has 0 bridgehead atoms. The van der Waals surface area contributed by atoms with Crippen molar-refractivity contribution in [2.24, 2.45) is 0 Å². The lowest BCUT2D eigenvalue weighted by molar-refractivity contribution is 0.0745. The van der Waals surface area contributed by atoms with Gasteiger partial charge in [0, 0.05) is 32.2 Å². The Hall–Kier alpha value is -3.81. The van der Waals surface area contributed by atoms with Crippen LogP contribution in [0, 0.1) is 0 Å². The summed E-state index contributed by atoms with van der Waals surface area (Å²) in [5.41, 5.74) is 2.61. The molecule has 166 valence electrons. The van der Waals surface area contributed by atoms with E-state index in [1.165, 1.54) is 0 Å². The molecule has 2 aromatic carbocycles. The van der Waals surface area contributed by atoms with E-state index < -0.39 is 0 Å². The van der Waals surface area contributed by atoms with Crippen LogP contribution in [0.5, 0.6) is 11.5 Å². The van der Waals surface area contributed by atoms with E-state index in [1.54, 1.807) is 35.9 Å². The third kappa shape index (κ3) is 4.59. The number of fused-ring (bicyclic) bond motifs is 1. The summed E-state index contributed by atoms with van der Waals surface area (Å²) >= 11 is 0. The van der Waals surface area contributed by atoms with Gasteiger partial charge in [-0.2, -0.15) is 5.10 Å². The number of rotatable bonds is 7. The Balaban J connectivity index is 1.45. The number of benzene rings is 2. The molecule has 8 heteroatoms. The number of hydrogen-bond donors (Lipinski definition) is 1. The fraction of sp³-hybridized carbons (Fsp3) is 0.292. The molecule has 1 N–H and O–H groups in total. The van der Waals surface area contributed by atoms with Crippen LogP contribution in [0.1, 0.15) is 38.5 Å². The Bertz CT molecular complexity index is 1110. The van der Waals surface area contributed by atoms with Gasteiger partial charge in [-0.15, -0.1) is 0 Å². The maximum Gasteiger partial charge on any atom is 0.272 e. The molecule has 0 saturated carbocycles. The van der Waals surface area contributed by atoms with Crippen molar-refractivity contribution >= 4 is 11.8 Å². The zero-order valence-corrected chi connectivity index (χ0v) is 18.2. The summed E-state index contributed by atoms with van der Waals surface area (Å²) in [6.45, 7) is 2.08. The molecule has 0 unspecified atom stereocenters. The van der Waals surface area contributed by atoms with Gasteiger partial charge in [-0.05, 0) is 29.7 Å². The van der Waals surface area contributed by atoms with Crippen LogP contribution in [0.4, 0.5) is 0 Å². The van der Waals surface area contributed by atoms with Crippen molar-refractivity contribution in [2.45, 2.75) is 26.1 Å². The average Bonchev–Trinajstić information content (AvgIpc) is 3.20. The molecule has 1 aliphatic rings. The van der Waals surface area contributed by atoms with Crippen LogP contribution in [0.25, 0.3) is 0 Å². The van der Waals surface area contributed by atoms with Crippen LogP contribution in [0.3, 0.4) is 0 Å². The Morgan fingerprint density at radius 2 is 1.78 bits per heavy atom. The molecule has 0 atom stereocenters. The van der Waals surface area contributed by atoms with Crippen LogP contribution < -0.4 is 14.8 Å². The third-order valence-electron chi connectivity index (χ3n) is 5.43. The first-order valence-corrected chi connectivity index (χ1v) is 10.5. The van der Waals surface area contributed by atoms with Crippen LogP contribution in [-0.2, 0) is 19.6 Å². The zero-order valence-electron chi connectivity index (χ0n) is 18.2. The topological polar surface area (TPSA) is 85.7 Å². The molecule has 8 nitrogen and oxygen atoms in total. The van der Waals surface area contributed by atoms with E-state index >= 15 is 0 Å². The van der Waals surface area contributed by atoms with Crippen molar-refractivity contribution in [3.05, 3.63) is 77.1 Å². The molecular weight excluding hydrogens is 408 g/mol. The maximum atomic E-state index is 13.1. The lowest BCUT2D eigenvalue weighted by Crippen LogP contribution is -2.30. The summed E-state index contributed by atoms with van der Waals surface area (Å²) in [5.74, 6) is 0.775. The molecule has 3 aromatic rings. The van der Waals surface area contributed by atoms with E-state index in [9.17, 15) is 9.59 Å². The van der Waals surface area contributed by atoms with E-state index in [2.05, 4.69) is 10.4 Å². The second kappa shape index (κ2) is 9.55. The number of nitrogens with zero attached hydrogens (tertiary/aromatic N) is 3. The largest absolute Gasteiger partial charge is 0.493 e. The first-order valence-electron chi connectivity index (χ1n) is 10.5. The Labute approximate surface area is 186 Å². The highest BCUT2D eigenvalue weighted by molar-refractivity contribution is 5.98. The predicted octanol–water partition coefficient (Wildman–Crippen LogP) is 2.88. The Morgan fingerprint density at radius 1 is 1.00 bits per heavy atom. The fourth-order valence-electron chi connectivity index (χ4n) is 3.76.